The van der Waals surface area contributed by atoms with E-state index in [9.17, 15) is 14.7 Å². The SMILES string of the molecule is COc1ccccc1C1C(C(=O)c2cc3cc(Br)ccc3o2)=C(O)C(=O)N1c1ccc(C)cc1. The fourth-order valence-corrected chi connectivity index (χ4v) is 4.63. The molecule has 1 unspecified atom stereocenters. The van der Waals surface area contributed by atoms with Crippen LogP contribution in [0.2, 0.25) is 0 Å². The molecule has 1 aliphatic rings. The molecule has 34 heavy (non-hydrogen) atoms. The first-order chi connectivity index (χ1) is 16.4. The molecule has 0 saturated carbocycles. The first-order valence-electron chi connectivity index (χ1n) is 10.6. The maximum absolute atomic E-state index is 13.7. The van der Waals surface area contributed by atoms with Gasteiger partial charge in [0.25, 0.3) is 5.91 Å². The van der Waals surface area contributed by atoms with Crippen molar-refractivity contribution in [2.45, 2.75) is 13.0 Å². The van der Waals surface area contributed by atoms with Crippen molar-refractivity contribution in [2.24, 2.45) is 0 Å². The van der Waals surface area contributed by atoms with E-state index in [4.69, 9.17) is 9.15 Å². The van der Waals surface area contributed by atoms with Crippen LogP contribution in [0.3, 0.4) is 0 Å². The Morgan fingerprint density at radius 2 is 1.79 bits per heavy atom. The summed E-state index contributed by atoms with van der Waals surface area (Å²) in [6.07, 6.45) is 0. The largest absolute Gasteiger partial charge is 0.503 e. The van der Waals surface area contributed by atoms with Gasteiger partial charge in [-0.3, -0.25) is 14.5 Å². The predicted molar refractivity (Wildman–Crippen MR) is 132 cm³/mol. The second kappa shape index (κ2) is 8.50. The summed E-state index contributed by atoms with van der Waals surface area (Å²) in [5.74, 6) is -1.31. The molecule has 1 amide bonds. The number of methoxy groups -OCH3 is 1. The van der Waals surface area contributed by atoms with Gasteiger partial charge in [0, 0.05) is 21.1 Å². The summed E-state index contributed by atoms with van der Waals surface area (Å²) in [5, 5.41) is 11.7. The van der Waals surface area contributed by atoms with Crippen LogP contribution in [0.5, 0.6) is 5.75 Å². The summed E-state index contributed by atoms with van der Waals surface area (Å²) in [7, 11) is 1.52. The average Bonchev–Trinajstić information content (AvgIpc) is 3.37. The minimum absolute atomic E-state index is 0.0353. The first kappa shape index (κ1) is 22.0. The Hall–Kier alpha value is -3.84. The second-order valence-electron chi connectivity index (χ2n) is 8.04. The maximum Gasteiger partial charge on any atom is 0.294 e. The molecule has 5 rings (SSSR count). The zero-order valence-electron chi connectivity index (χ0n) is 18.4. The van der Waals surface area contributed by atoms with Crippen LogP contribution in [0.15, 0.2) is 93.0 Å². The van der Waals surface area contributed by atoms with Crippen LogP contribution in [0.4, 0.5) is 5.69 Å². The predicted octanol–water partition coefficient (Wildman–Crippen LogP) is 6.30. The van der Waals surface area contributed by atoms with Crippen LogP contribution in [0.1, 0.15) is 27.7 Å². The highest BCUT2D eigenvalue weighted by Gasteiger charge is 2.46. The van der Waals surface area contributed by atoms with E-state index in [1.54, 1.807) is 48.5 Å². The molecule has 1 atom stereocenters. The number of hydrogen-bond donors (Lipinski definition) is 1. The number of para-hydroxylation sites is 1. The number of ketones is 1. The monoisotopic (exact) mass is 517 g/mol. The van der Waals surface area contributed by atoms with E-state index in [1.807, 2.05) is 31.2 Å². The molecule has 7 heteroatoms. The van der Waals surface area contributed by atoms with Gasteiger partial charge in [0.1, 0.15) is 11.3 Å². The Labute approximate surface area is 204 Å². The van der Waals surface area contributed by atoms with Crippen LogP contribution in [0.25, 0.3) is 11.0 Å². The maximum atomic E-state index is 13.7. The number of rotatable bonds is 5. The molecular formula is C27H20BrNO5. The number of aryl methyl sites for hydroxylation is 1. The van der Waals surface area contributed by atoms with E-state index < -0.39 is 23.5 Å². The Morgan fingerprint density at radius 3 is 2.53 bits per heavy atom. The normalized spacial score (nSPS) is 15.9. The van der Waals surface area contributed by atoms with Gasteiger partial charge in [-0.15, -0.1) is 0 Å². The Bertz CT molecular complexity index is 1470. The molecule has 170 valence electrons. The van der Waals surface area contributed by atoms with Gasteiger partial charge in [-0.2, -0.15) is 0 Å². The molecule has 1 aromatic heterocycles. The average molecular weight is 518 g/mol. The van der Waals surface area contributed by atoms with Crippen molar-refractivity contribution in [3.63, 3.8) is 0 Å². The molecule has 6 nitrogen and oxygen atoms in total. The molecule has 2 heterocycles. The number of amides is 1. The number of aliphatic hydroxyl groups is 1. The van der Waals surface area contributed by atoms with Gasteiger partial charge < -0.3 is 14.3 Å². The van der Waals surface area contributed by atoms with Crippen LogP contribution in [-0.2, 0) is 4.79 Å². The molecule has 0 fully saturated rings. The summed E-state index contributed by atoms with van der Waals surface area (Å²) < 4.78 is 12.2. The lowest BCUT2D eigenvalue weighted by Gasteiger charge is -2.28. The highest BCUT2D eigenvalue weighted by atomic mass is 79.9. The third-order valence-corrected chi connectivity index (χ3v) is 6.39. The van der Waals surface area contributed by atoms with Crippen LogP contribution >= 0.6 is 15.9 Å². The van der Waals surface area contributed by atoms with Gasteiger partial charge in [0.05, 0.1) is 18.7 Å². The van der Waals surface area contributed by atoms with E-state index in [0.29, 0.717) is 22.6 Å². The Balaban J connectivity index is 1.69. The number of hydrogen-bond acceptors (Lipinski definition) is 5. The number of Topliss-reactive ketones (excluding diaryl/α,β-unsaturated/α-hetero) is 1. The third-order valence-electron chi connectivity index (χ3n) is 5.90. The third kappa shape index (κ3) is 3.58. The number of anilines is 1. The number of benzene rings is 3. The van der Waals surface area contributed by atoms with E-state index >= 15 is 0 Å². The lowest BCUT2D eigenvalue weighted by atomic mass is 9.94. The zero-order valence-corrected chi connectivity index (χ0v) is 20.0. The van der Waals surface area contributed by atoms with Gasteiger partial charge in [-0.05, 0) is 49.4 Å². The van der Waals surface area contributed by atoms with Crippen LogP contribution in [0, 0.1) is 6.92 Å². The Kier molecular flexibility index (Phi) is 5.49. The molecule has 0 bridgehead atoms. The van der Waals surface area contributed by atoms with Crippen molar-refractivity contribution in [3.05, 3.63) is 105 Å². The fraction of sp³-hybridized carbons (Fsp3) is 0.111. The number of nitrogens with zero attached hydrogens (tertiary/aromatic N) is 1. The quantitative estimate of drug-likeness (QED) is 0.314. The molecule has 0 spiro atoms. The number of aliphatic hydroxyl groups excluding tert-OH is 1. The number of furan rings is 1. The number of fused-ring (bicyclic) bond motifs is 1. The first-order valence-corrected chi connectivity index (χ1v) is 11.4. The van der Waals surface area contributed by atoms with Gasteiger partial charge in [-0.25, -0.2) is 0 Å². The molecule has 3 aromatic carbocycles. The van der Waals surface area contributed by atoms with E-state index in [0.717, 1.165) is 15.4 Å². The lowest BCUT2D eigenvalue weighted by Crippen LogP contribution is -2.31. The van der Waals surface area contributed by atoms with Gasteiger partial charge in [0.2, 0.25) is 5.78 Å². The number of halogens is 1. The zero-order chi connectivity index (χ0) is 24.0. The van der Waals surface area contributed by atoms with Gasteiger partial charge in [-0.1, -0.05) is 51.8 Å². The highest BCUT2D eigenvalue weighted by Crippen LogP contribution is 2.45. The van der Waals surface area contributed by atoms with E-state index in [-0.39, 0.29) is 11.3 Å². The lowest BCUT2D eigenvalue weighted by molar-refractivity contribution is -0.117. The van der Waals surface area contributed by atoms with Crippen LogP contribution < -0.4 is 9.64 Å². The van der Waals surface area contributed by atoms with Crippen molar-refractivity contribution in [1.29, 1.82) is 0 Å². The summed E-state index contributed by atoms with van der Waals surface area (Å²) in [6.45, 7) is 1.94. The minimum atomic E-state index is -0.904. The molecule has 1 N–H and O–H groups in total. The minimum Gasteiger partial charge on any atom is -0.503 e. The smallest absolute Gasteiger partial charge is 0.294 e. The van der Waals surface area contributed by atoms with Crippen LogP contribution in [-0.4, -0.2) is 23.9 Å². The summed E-state index contributed by atoms with van der Waals surface area (Å²) in [6, 6.07) is 20.6. The van der Waals surface area contributed by atoms with Crippen molar-refractivity contribution < 1.29 is 23.8 Å². The van der Waals surface area contributed by atoms with Crippen molar-refractivity contribution in [3.8, 4) is 5.75 Å². The number of carbonyl (C=O) groups is 2. The van der Waals surface area contributed by atoms with Crippen molar-refractivity contribution in [2.75, 3.05) is 12.0 Å². The Morgan fingerprint density at radius 1 is 1.06 bits per heavy atom. The van der Waals surface area contributed by atoms with E-state index in [1.165, 1.54) is 12.0 Å². The summed E-state index contributed by atoms with van der Waals surface area (Å²) in [4.78, 5) is 28.5. The molecule has 0 aliphatic carbocycles. The van der Waals surface area contributed by atoms with E-state index in [2.05, 4.69) is 15.9 Å². The number of carbonyl (C=O) groups excluding carboxylic acids is 2. The topological polar surface area (TPSA) is 80.0 Å². The molecule has 1 aliphatic heterocycles. The molecule has 0 saturated heterocycles. The fourth-order valence-electron chi connectivity index (χ4n) is 4.25. The summed E-state index contributed by atoms with van der Waals surface area (Å²) >= 11 is 3.42. The molecular weight excluding hydrogens is 498 g/mol. The van der Waals surface area contributed by atoms with Gasteiger partial charge >= 0.3 is 0 Å². The standard InChI is InChI=1S/C27H20BrNO5/c1-15-7-10-18(11-8-15)29-24(19-5-3-4-6-21(19)33-2)23(26(31)27(29)32)25(30)22-14-16-13-17(28)9-12-20(16)34-22/h3-14,24,31H,1-2H3. The molecule has 0 radical (unpaired) electrons. The molecule has 4 aromatic rings. The number of ether oxygens (including phenoxy) is 1. The highest BCUT2D eigenvalue weighted by molar-refractivity contribution is 9.10. The van der Waals surface area contributed by atoms with Crippen molar-refractivity contribution in [1.82, 2.24) is 0 Å². The summed E-state index contributed by atoms with van der Waals surface area (Å²) in [5.41, 5.74) is 2.61. The van der Waals surface area contributed by atoms with Gasteiger partial charge in [0.15, 0.2) is 11.5 Å². The van der Waals surface area contributed by atoms with Crippen molar-refractivity contribution >= 4 is 44.3 Å². The second-order valence-corrected chi connectivity index (χ2v) is 8.96.